The molecular weight excluding hydrogens is 478 g/mol. The molecule has 0 unspecified atom stereocenters. The zero-order chi connectivity index (χ0) is 25.8. The Morgan fingerprint density at radius 1 is 1.22 bits per heavy atom. The van der Waals surface area contributed by atoms with E-state index in [1.807, 2.05) is 42.4 Å². The van der Waals surface area contributed by atoms with Crippen molar-refractivity contribution in [2.75, 3.05) is 26.8 Å². The third kappa shape index (κ3) is 5.21. The number of likely N-dealkylation sites (tertiary alicyclic amines) is 1. The quantitative estimate of drug-likeness (QED) is 0.504. The number of esters is 2. The number of aliphatic imine (C=N–C) groups is 1. The second-order valence-corrected chi connectivity index (χ2v) is 9.96. The monoisotopic (exact) mass is 511 g/mol. The third-order valence-electron chi connectivity index (χ3n) is 6.71. The number of thioether (sulfide) groups is 1. The van der Waals surface area contributed by atoms with Gasteiger partial charge in [-0.05, 0) is 44.1 Å². The first kappa shape index (κ1) is 26.0. The number of carbonyl (C=O) groups excluding carboxylic acids is 3. The molecule has 0 radical (unpaired) electrons. The van der Waals surface area contributed by atoms with E-state index >= 15 is 0 Å². The van der Waals surface area contributed by atoms with Crippen molar-refractivity contribution in [3.8, 4) is 0 Å². The van der Waals surface area contributed by atoms with E-state index in [2.05, 4.69) is 6.07 Å². The van der Waals surface area contributed by atoms with E-state index in [0.717, 1.165) is 34.8 Å². The number of amides is 1. The molecule has 36 heavy (non-hydrogen) atoms. The second-order valence-electron chi connectivity index (χ2n) is 9.12. The van der Waals surface area contributed by atoms with Crippen molar-refractivity contribution in [1.82, 2.24) is 9.80 Å². The summed E-state index contributed by atoms with van der Waals surface area (Å²) in [6, 6.07) is 7.59. The van der Waals surface area contributed by atoms with Gasteiger partial charge in [0.2, 0.25) is 5.91 Å². The van der Waals surface area contributed by atoms with Crippen LogP contribution in [0.1, 0.15) is 56.7 Å². The van der Waals surface area contributed by atoms with Gasteiger partial charge < -0.3 is 19.3 Å². The number of piperidine rings is 1. The van der Waals surface area contributed by atoms with Gasteiger partial charge in [0.25, 0.3) is 0 Å². The first-order valence-corrected chi connectivity index (χ1v) is 13.3. The number of allylic oxidation sites excluding steroid dienone is 1. The van der Waals surface area contributed by atoms with Gasteiger partial charge >= 0.3 is 11.9 Å². The molecule has 0 N–H and O–H groups in total. The molecule has 0 aromatic heterocycles. The predicted molar refractivity (Wildman–Crippen MR) is 139 cm³/mol. The lowest BCUT2D eigenvalue weighted by Crippen LogP contribution is -2.44. The number of carbonyl (C=O) groups is 3. The zero-order valence-electron chi connectivity index (χ0n) is 21.3. The number of methoxy groups -OCH3 is 1. The minimum atomic E-state index is -0.442. The highest BCUT2D eigenvalue weighted by molar-refractivity contribution is 8.16. The van der Waals surface area contributed by atoms with Gasteiger partial charge in [0, 0.05) is 18.8 Å². The lowest BCUT2D eigenvalue weighted by Gasteiger charge is -2.37. The lowest BCUT2D eigenvalue weighted by atomic mass is 9.92. The van der Waals surface area contributed by atoms with Crippen molar-refractivity contribution in [2.45, 2.75) is 52.5 Å². The Balaban J connectivity index is 1.62. The molecular formula is C27H33N3O5S. The summed E-state index contributed by atoms with van der Waals surface area (Å²) in [7, 11) is 1.38. The number of hydrogen-bond acceptors (Lipinski definition) is 8. The van der Waals surface area contributed by atoms with Crippen LogP contribution in [0.4, 0.5) is 0 Å². The van der Waals surface area contributed by atoms with Crippen LogP contribution in [-0.2, 0) is 23.9 Å². The fourth-order valence-electron chi connectivity index (χ4n) is 4.99. The summed E-state index contributed by atoms with van der Waals surface area (Å²) >= 11 is 1.46. The summed E-state index contributed by atoms with van der Waals surface area (Å²) in [5, 5.41) is 2.69. The molecule has 1 saturated heterocycles. The Morgan fingerprint density at radius 3 is 2.72 bits per heavy atom. The van der Waals surface area contributed by atoms with Crippen molar-refractivity contribution in [2.24, 2.45) is 10.9 Å². The average molecular weight is 512 g/mol. The zero-order valence-corrected chi connectivity index (χ0v) is 22.1. The van der Waals surface area contributed by atoms with Crippen LogP contribution in [-0.4, -0.2) is 59.6 Å². The van der Waals surface area contributed by atoms with Gasteiger partial charge in [-0.25, -0.2) is 9.79 Å². The van der Waals surface area contributed by atoms with Crippen LogP contribution in [0.25, 0.3) is 0 Å². The van der Waals surface area contributed by atoms with E-state index < -0.39 is 12.0 Å². The number of rotatable bonds is 7. The molecule has 4 rings (SSSR count). The van der Waals surface area contributed by atoms with Gasteiger partial charge in [-0.2, -0.15) is 0 Å². The van der Waals surface area contributed by atoms with Crippen molar-refractivity contribution >= 4 is 34.8 Å². The van der Waals surface area contributed by atoms with Gasteiger partial charge in [0.15, 0.2) is 5.17 Å². The third-order valence-corrected chi connectivity index (χ3v) is 7.60. The lowest BCUT2D eigenvalue weighted by molar-refractivity contribution is -0.151. The van der Waals surface area contributed by atoms with Crippen LogP contribution in [0.3, 0.4) is 0 Å². The van der Waals surface area contributed by atoms with Crippen molar-refractivity contribution in [3.63, 3.8) is 0 Å². The number of amidine groups is 1. The van der Waals surface area contributed by atoms with Gasteiger partial charge in [-0.15, -0.1) is 0 Å². The van der Waals surface area contributed by atoms with Crippen molar-refractivity contribution < 1.29 is 23.9 Å². The largest absolute Gasteiger partial charge is 0.466 e. The van der Waals surface area contributed by atoms with Crippen LogP contribution >= 0.6 is 11.8 Å². The summed E-state index contributed by atoms with van der Waals surface area (Å²) < 4.78 is 10.4. The maximum Gasteiger partial charge on any atom is 0.338 e. The van der Waals surface area contributed by atoms with E-state index in [9.17, 15) is 14.4 Å². The molecule has 2 atom stereocenters. The number of benzene rings is 1. The SMILES string of the molecule is CCOC(=O)[C@@H]1CCCN(C(=O)CC2=CSC3=NC(CC)=C(C(=O)OC)[C@H](c4cccc(C)c4)N23)C1. The maximum absolute atomic E-state index is 13.4. The first-order chi connectivity index (χ1) is 17.4. The first-order valence-electron chi connectivity index (χ1n) is 12.4. The summed E-state index contributed by atoms with van der Waals surface area (Å²) in [5.74, 6) is -1.000. The van der Waals surface area contributed by atoms with Gasteiger partial charge in [0.05, 0.1) is 43.4 Å². The molecule has 3 heterocycles. The molecule has 1 amide bonds. The number of fused-ring (bicyclic) bond motifs is 1. The van der Waals surface area contributed by atoms with E-state index in [1.165, 1.54) is 18.9 Å². The highest BCUT2D eigenvalue weighted by atomic mass is 32.2. The van der Waals surface area contributed by atoms with Crippen molar-refractivity contribution in [3.05, 3.63) is 57.8 Å². The molecule has 8 nitrogen and oxygen atoms in total. The molecule has 0 spiro atoms. The Morgan fingerprint density at radius 2 is 2.03 bits per heavy atom. The Labute approximate surface area is 216 Å². The molecule has 0 bridgehead atoms. The van der Waals surface area contributed by atoms with Crippen LogP contribution in [0, 0.1) is 12.8 Å². The van der Waals surface area contributed by atoms with E-state index in [0.29, 0.717) is 37.4 Å². The summed E-state index contributed by atoms with van der Waals surface area (Å²) in [5.41, 5.74) is 3.99. The van der Waals surface area contributed by atoms with Crippen LogP contribution in [0.5, 0.6) is 0 Å². The van der Waals surface area contributed by atoms with Gasteiger partial charge in [-0.1, -0.05) is 48.5 Å². The molecule has 1 fully saturated rings. The summed E-state index contributed by atoms with van der Waals surface area (Å²) in [6.07, 6.45) is 2.23. The molecule has 1 aromatic rings. The molecule has 9 heteroatoms. The highest BCUT2D eigenvalue weighted by Crippen LogP contribution is 2.45. The number of ether oxygens (including phenoxy) is 2. The fraction of sp³-hybridized carbons (Fsp3) is 0.481. The number of aryl methyl sites for hydroxylation is 1. The molecule has 1 aromatic carbocycles. The van der Waals surface area contributed by atoms with Gasteiger partial charge in [-0.3, -0.25) is 9.59 Å². The Kier molecular flexibility index (Phi) is 8.18. The second kappa shape index (κ2) is 11.3. The van der Waals surface area contributed by atoms with Crippen LogP contribution < -0.4 is 0 Å². The fourth-order valence-corrected chi connectivity index (χ4v) is 5.93. The standard InChI is InChI=1S/C27H33N3O5S/c1-5-21-23(26(33)34-4)24(18-10-7-9-17(3)13-18)30-20(16-36-27(30)28-21)14-22(31)29-12-8-11-19(15-29)25(32)35-6-2/h7,9-10,13,16,19,24H,5-6,8,11-12,14-15H2,1-4H3/t19-,24+/m1/s1. The topological polar surface area (TPSA) is 88.5 Å². The minimum absolute atomic E-state index is 0.0509. The van der Waals surface area contributed by atoms with Crippen LogP contribution in [0.2, 0.25) is 0 Å². The highest BCUT2D eigenvalue weighted by Gasteiger charge is 2.42. The van der Waals surface area contributed by atoms with E-state index in [-0.39, 0.29) is 24.2 Å². The molecule has 3 aliphatic rings. The van der Waals surface area contributed by atoms with Gasteiger partial charge in [0.1, 0.15) is 0 Å². The van der Waals surface area contributed by atoms with Crippen molar-refractivity contribution in [1.29, 1.82) is 0 Å². The normalized spacial score (nSPS) is 21.6. The molecule has 0 saturated carbocycles. The smallest absolute Gasteiger partial charge is 0.338 e. The average Bonchev–Trinajstić information content (AvgIpc) is 3.29. The summed E-state index contributed by atoms with van der Waals surface area (Å²) in [6.45, 7) is 7.09. The molecule has 0 aliphatic carbocycles. The molecule has 192 valence electrons. The van der Waals surface area contributed by atoms with E-state index in [1.54, 1.807) is 11.8 Å². The van der Waals surface area contributed by atoms with Crippen LogP contribution in [0.15, 0.2) is 51.6 Å². The minimum Gasteiger partial charge on any atom is -0.466 e. The number of hydrogen-bond donors (Lipinski definition) is 0. The number of nitrogens with zero attached hydrogens (tertiary/aromatic N) is 3. The Hall–Kier alpha value is -3.07. The van der Waals surface area contributed by atoms with E-state index in [4.69, 9.17) is 14.5 Å². The maximum atomic E-state index is 13.4. The predicted octanol–water partition coefficient (Wildman–Crippen LogP) is 4.32. The summed E-state index contributed by atoms with van der Waals surface area (Å²) in [4.78, 5) is 47.2. The Bertz CT molecular complexity index is 1140. The molecule has 3 aliphatic heterocycles.